The highest BCUT2D eigenvalue weighted by Crippen LogP contribution is 2.61. The maximum absolute atomic E-state index is 14.2. The molecule has 49 heavy (non-hydrogen) atoms. The van der Waals surface area contributed by atoms with Crippen molar-refractivity contribution in [3.63, 3.8) is 0 Å². The number of carbonyl (C=O) groups is 2. The van der Waals surface area contributed by atoms with Gasteiger partial charge >= 0.3 is 6.03 Å². The summed E-state index contributed by atoms with van der Waals surface area (Å²) in [4.78, 5) is 35.0. The molecule has 0 spiro atoms. The lowest BCUT2D eigenvalue weighted by Gasteiger charge is -2.62. The number of nitrogens with zero attached hydrogens (tertiary/aromatic N) is 2. The number of nitrogens with one attached hydrogen (secondary N) is 3. The van der Waals surface area contributed by atoms with E-state index in [1.165, 1.54) is 6.42 Å². The second-order valence-corrected chi connectivity index (χ2v) is 15.6. The third kappa shape index (κ3) is 7.55. The van der Waals surface area contributed by atoms with Crippen molar-refractivity contribution in [2.24, 2.45) is 34.8 Å². The molecule has 1 saturated heterocycles. The Morgan fingerprint density at radius 1 is 1.16 bits per heavy atom. The summed E-state index contributed by atoms with van der Waals surface area (Å²) in [5.41, 5.74) is 11.0. The number of aliphatic hydroxyl groups excluding tert-OH is 1. The zero-order valence-corrected chi connectivity index (χ0v) is 30.7. The number of hydrogen-bond acceptors (Lipinski definition) is 8. The molecule has 1 aliphatic heterocycles. The van der Waals surface area contributed by atoms with E-state index in [2.05, 4.69) is 54.9 Å². The van der Waals surface area contributed by atoms with Crippen molar-refractivity contribution in [1.82, 2.24) is 21.0 Å². The zero-order chi connectivity index (χ0) is 35.8. The van der Waals surface area contributed by atoms with E-state index in [0.717, 1.165) is 34.4 Å². The molecular formula is C38H58N6O5. The lowest BCUT2D eigenvalue weighted by atomic mass is 9.45. The molecule has 6 N–H and O–H groups in total. The Morgan fingerprint density at radius 3 is 2.49 bits per heavy atom. The number of amides is 3. The Labute approximate surface area is 292 Å². The Hall–Kier alpha value is -3.38. The van der Waals surface area contributed by atoms with Crippen molar-refractivity contribution in [2.75, 3.05) is 32.6 Å². The summed E-state index contributed by atoms with van der Waals surface area (Å²) in [6, 6.07) is 11.3. The van der Waals surface area contributed by atoms with Crippen LogP contribution in [0.2, 0.25) is 0 Å². The lowest BCUT2D eigenvalue weighted by Crippen LogP contribution is -2.62. The molecule has 0 aromatic heterocycles. The Kier molecular flexibility index (Phi) is 11.2. The number of nitrogens with two attached hydrogens (primary N) is 1. The summed E-state index contributed by atoms with van der Waals surface area (Å²) in [5.74, 6) is 1.59. The average Bonchev–Trinajstić information content (AvgIpc) is 3.42. The van der Waals surface area contributed by atoms with Crippen LogP contribution in [0.15, 0.2) is 36.4 Å². The topological polar surface area (TPSA) is 141 Å². The Bertz CT molecular complexity index is 1490. The van der Waals surface area contributed by atoms with Gasteiger partial charge in [-0.05, 0) is 86.1 Å². The van der Waals surface area contributed by atoms with Crippen LogP contribution in [0, 0.1) is 29.1 Å². The highest BCUT2D eigenvalue weighted by molar-refractivity contribution is 5.83. The van der Waals surface area contributed by atoms with E-state index in [1.54, 1.807) is 19.1 Å². The maximum Gasteiger partial charge on any atom is 0.315 e. The Morgan fingerprint density at radius 2 is 1.90 bits per heavy atom. The van der Waals surface area contributed by atoms with Gasteiger partial charge in [-0.3, -0.25) is 9.63 Å². The van der Waals surface area contributed by atoms with Crippen LogP contribution in [0.5, 0.6) is 5.75 Å². The first-order valence-electron chi connectivity index (χ1n) is 17.8. The minimum atomic E-state index is -0.804. The molecular weight excluding hydrogens is 620 g/mol. The molecule has 11 nitrogen and oxygen atoms in total. The number of urea groups is 1. The van der Waals surface area contributed by atoms with E-state index in [-0.39, 0.29) is 37.1 Å². The number of aliphatic hydroxyl groups is 1. The van der Waals surface area contributed by atoms with Gasteiger partial charge in [0.1, 0.15) is 11.8 Å². The fourth-order valence-corrected chi connectivity index (χ4v) is 8.56. The van der Waals surface area contributed by atoms with E-state index in [0.29, 0.717) is 35.5 Å². The summed E-state index contributed by atoms with van der Waals surface area (Å²) in [6.07, 6.45) is 0.873. The molecule has 8 atom stereocenters. The number of benzene rings is 2. The molecule has 2 aromatic carbocycles. The fraction of sp³-hybridized carbons (Fsp3) is 0.632. The molecule has 3 aliphatic carbocycles. The van der Waals surface area contributed by atoms with Gasteiger partial charge < -0.3 is 36.4 Å². The van der Waals surface area contributed by atoms with Gasteiger partial charge in [-0.2, -0.15) is 5.06 Å². The van der Waals surface area contributed by atoms with E-state index in [4.69, 9.17) is 15.3 Å². The van der Waals surface area contributed by atoms with Gasteiger partial charge in [0.05, 0.1) is 25.9 Å². The minimum Gasteiger partial charge on any atom is -0.496 e. The van der Waals surface area contributed by atoms with Crippen LogP contribution in [-0.4, -0.2) is 80.2 Å². The second-order valence-electron chi connectivity index (χ2n) is 15.6. The van der Waals surface area contributed by atoms with E-state index < -0.39 is 24.2 Å². The normalized spacial score (nSPS) is 28.0. The van der Waals surface area contributed by atoms with Crippen LogP contribution >= 0.6 is 0 Å². The van der Waals surface area contributed by atoms with Crippen molar-refractivity contribution >= 4 is 17.6 Å². The zero-order valence-electron chi connectivity index (χ0n) is 30.7. The molecule has 1 unspecified atom stereocenters. The van der Waals surface area contributed by atoms with E-state index >= 15 is 0 Å². The minimum absolute atomic E-state index is 0.0331. The molecule has 1 heterocycles. The molecule has 2 bridgehead atoms. The van der Waals surface area contributed by atoms with Crippen LogP contribution in [-0.2, 0) is 22.7 Å². The van der Waals surface area contributed by atoms with Crippen molar-refractivity contribution < 1.29 is 24.3 Å². The maximum atomic E-state index is 14.2. The highest BCUT2D eigenvalue weighted by atomic mass is 16.7. The quantitative estimate of drug-likeness (QED) is 0.224. The summed E-state index contributed by atoms with van der Waals surface area (Å²) < 4.78 is 6.07. The number of rotatable bonds is 12. The molecule has 270 valence electrons. The van der Waals surface area contributed by atoms with Crippen molar-refractivity contribution in [2.45, 2.75) is 97.8 Å². The Balaban J connectivity index is 1.43. The number of fused-ring (bicyclic) bond motifs is 2. The highest BCUT2D eigenvalue weighted by Gasteiger charge is 2.57. The lowest BCUT2D eigenvalue weighted by molar-refractivity contribution is -0.175. The average molecular weight is 679 g/mol. The number of carbonyl (C=O) groups excluding carboxylic acids is 2. The number of methoxy groups -OCH3 is 1. The van der Waals surface area contributed by atoms with Crippen LogP contribution < -0.4 is 31.3 Å². The summed E-state index contributed by atoms with van der Waals surface area (Å²) in [6.45, 7) is 13.3. The van der Waals surface area contributed by atoms with Crippen molar-refractivity contribution in [3.8, 4) is 16.9 Å². The fourth-order valence-electron chi connectivity index (χ4n) is 8.56. The smallest absolute Gasteiger partial charge is 0.315 e. The number of hydroxylamine groups is 2. The van der Waals surface area contributed by atoms with Gasteiger partial charge in [0, 0.05) is 62.0 Å². The van der Waals surface area contributed by atoms with Gasteiger partial charge in [0.25, 0.3) is 0 Å². The van der Waals surface area contributed by atoms with Crippen molar-refractivity contribution in [1.29, 1.82) is 0 Å². The summed E-state index contributed by atoms with van der Waals surface area (Å²) in [5, 5.41) is 21.8. The SMILES string of the molecule is COc1c(CN2O[C@@H](CN)[C@H]([C@H](C)O)[C@H]2C(=O)NC2C[C@H]3C[C@@H]([C@@H]2C)C3(C)C)cccc1-c1cc(CNC(=O)NC(C)C)cc(N(C)C)c1. The van der Waals surface area contributed by atoms with Crippen LogP contribution in [0.1, 0.15) is 65.5 Å². The third-order valence-electron chi connectivity index (χ3n) is 11.4. The van der Waals surface area contributed by atoms with Gasteiger partial charge in [-0.15, -0.1) is 0 Å². The molecule has 4 aliphatic rings. The number of hydrogen-bond donors (Lipinski definition) is 5. The number of anilines is 1. The molecule has 11 heteroatoms. The molecule has 2 aromatic rings. The number of para-hydroxylation sites is 1. The standard InChI is InChI=1S/C38H58N6O5/c1-21(2)41-37(47)40-19-24-13-26(15-28(14-24)43(7)8)29-12-10-11-25(35(29)48-9)20-44-34(33(23(4)45)32(18-39)49-44)36(46)42-31-17-27-16-30(22(31)3)38(27,5)6/h10-15,21-23,27,30-34,45H,16-20,39H2,1-9H3,(H,42,46)(H2,40,41,47)/t22-,23-,27+,30-,31?,32-,33-,34-/m0/s1. The molecule has 3 saturated carbocycles. The first-order valence-corrected chi connectivity index (χ1v) is 17.8. The van der Waals surface area contributed by atoms with Crippen LogP contribution in [0.3, 0.4) is 0 Å². The predicted molar refractivity (Wildman–Crippen MR) is 193 cm³/mol. The largest absolute Gasteiger partial charge is 0.496 e. The summed E-state index contributed by atoms with van der Waals surface area (Å²) >= 11 is 0. The van der Waals surface area contributed by atoms with Crippen LogP contribution in [0.4, 0.5) is 10.5 Å². The van der Waals surface area contributed by atoms with Gasteiger partial charge in [-0.1, -0.05) is 39.0 Å². The van der Waals surface area contributed by atoms with Gasteiger partial charge in [-0.25, -0.2) is 4.79 Å². The van der Waals surface area contributed by atoms with E-state index in [1.807, 2.05) is 51.0 Å². The predicted octanol–water partition coefficient (Wildman–Crippen LogP) is 4.26. The van der Waals surface area contributed by atoms with Gasteiger partial charge in [0.15, 0.2) is 0 Å². The monoisotopic (exact) mass is 678 g/mol. The summed E-state index contributed by atoms with van der Waals surface area (Å²) in [7, 11) is 5.61. The van der Waals surface area contributed by atoms with E-state index in [9.17, 15) is 14.7 Å². The first-order chi connectivity index (χ1) is 23.2. The molecule has 4 fully saturated rings. The molecule has 0 radical (unpaired) electrons. The van der Waals surface area contributed by atoms with Crippen molar-refractivity contribution in [3.05, 3.63) is 47.5 Å². The van der Waals surface area contributed by atoms with Gasteiger partial charge in [0.2, 0.25) is 5.91 Å². The first kappa shape index (κ1) is 36.9. The molecule has 3 amide bonds. The second kappa shape index (κ2) is 14.8. The molecule has 6 rings (SSSR count). The third-order valence-corrected chi connectivity index (χ3v) is 11.4. The number of ether oxygens (including phenoxy) is 1. The van der Waals surface area contributed by atoms with Crippen LogP contribution in [0.25, 0.3) is 11.1 Å².